The van der Waals surface area contributed by atoms with Gasteiger partial charge in [-0.25, -0.2) is 0 Å². The lowest BCUT2D eigenvalue weighted by Gasteiger charge is -1.94. The van der Waals surface area contributed by atoms with Crippen LogP contribution in [0, 0.1) is 6.07 Å². The van der Waals surface area contributed by atoms with E-state index in [1.807, 2.05) is 18.2 Å². The Balaban J connectivity index is 2.83. The molecule has 0 N–H and O–H groups in total. The summed E-state index contributed by atoms with van der Waals surface area (Å²) < 4.78 is 0. The van der Waals surface area contributed by atoms with Crippen molar-refractivity contribution in [1.82, 2.24) is 4.98 Å². The van der Waals surface area contributed by atoms with Crippen molar-refractivity contribution < 1.29 is 0 Å². The third-order valence-electron chi connectivity index (χ3n) is 1.52. The van der Waals surface area contributed by atoms with Crippen molar-refractivity contribution in [2.24, 2.45) is 0 Å². The van der Waals surface area contributed by atoms with Crippen molar-refractivity contribution in [3.63, 3.8) is 0 Å². The predicted octanol–water partition coefficient (Wildman–Crippen LogP) is 2.69. The highest BCUT2D eigenvalue weighted by Gasteiger charge is 1.92. The molecule has 2 rings (SSSR count). The molecule has 53 valence electrons. The number of halogens is 1. The molecule has 1 aromatic carbocycles. The van der Waals surface area contributed by atoms with Crippen molar-refractivity contribution >= 4 is 22.4 Å². The average molecular weight is 163 g/mol. The number of nitrogens with zero attached hydrogens (tertiary/aromatic N) is 1. The Kier molecular flexibility index (Phi) is 1.51. The van der Waals surface area contributed by atoms with Gasteiger partial charge in [-0.05, 0) is 17.5 Å². The smallest absolute Gasteiger partial charge is 0.0412 e. The highest BCUT2D eigenvalue weighted by Crippen LogP contribution is 2.16. The van der Waals surface area contributed by atoms with Crippen LogP contribution in [0.25, 0.3) is 10.8 Å². The van der Waals surface area contributed by atoms with Gasteiger partial charge in [-0.2, -0.15) is 0 Å². The van der Waals surface area contributed by atoms with Crippen LogP contribution in [0.1, 0.15) is 0 Å². The first-order chi connectivity index (χ1) is 5.36. The SMILES string of the molecule is Clc1ccc2cnc[c]c2c1. The number of pyridine rings is 1. The Bertz CT molecular complexity index is 384. The summed E-state index contributed by atoms with van der Waals surface area (Å²) >= 11 is 5.78. The Morgan fingerprint density at radius 1 is 1.36 bits per heavy atom. The van der Waals surface area contributed by atoms with Crippen molar-refractivity contribution in [3.05, 3.63) is 41.7 Å². The average Bonchev–Trinajstić information content (AvgIpc) is 2.04. The standard InChI is InChI=1S/C9H5ClN/c10-9-2-1-8-6-11-4-3-7(8)5-9/h1-2,4-6H. The quantitative estimate of drug-likeness (QED) is 0.581. The summed E-state index contributed by atoms with van der Waals surface area (Å²) in [4.78, 5) is 3.94. The Morgan fingerprint density at radius 3 is 3.18 bits per heavy atom. The van der Waals surface area contributed by atoms with Crippen LogP contribution < -0.4 is 0 Å². The molecule has 0 bridgehead atoms. The number of fused-ring (bicyclic) bond motifs is 1. The van der Waals surface area contributed by atoms with E-state index in [4.69, 9.17) is 11.6 Å². The Morgan fingerprint density at radius 2 is 2.27 bits per heavy atom. The Hall–Kier alpha value is -1.08. The molecule has 0 saturated carbocycles. The summed E-state index contributed by atoms with van der Waals surface area (Å²) in [6.07, 6.45) is 3.43. The maximum Gasteiger partial charge on any atom is 0.0412 e. The molecule has 2 heteroatoms. The fraction of sp³-hybridized carbons (Fsp3) is 0. The highest BCUT2D eigenvalue weighted by molar-refractivity contribution is 6.31. The number of benzene rings is 1. The zero-order valence-electron chi connectivity index (χ0n) is 5.71. The molecule has 0 aliphatic carbocycles. The van der Waals surface area contributed by atoms with Gasteiger partial charge < -0.3 is 0 Å². The van der Waals surface area contributed by atoms with Gasteiger partial charge in [0.25, 0.3) is 0 Å². The maximum atomic E-state index is 5.78. The number of hydrogen-bond acceptors (Lipinski definition) is 1. The molecule has 1 aromatic heterocycles. The number of aromatic nitrogens is 1. The van der Waals surface area contributed by atoms with E-state index in [0.29, 0.717) is 0 Å². The molecule has 1 nitrogen and oxygen atoms in total. The van der Waals surface area contributed by atoms with Crippen LogP contribution >= 0.6 is 11.6 Å². The molecule has 0 atom stereocenters. The van der Waals surface area contributed by atoms with Gasteiger partial charge in [0.2, 0.25) is 0 Å². The van der Waals surface area contributed by atoms with Crippen LogP contribution in [-0.4, -0.2) is 4.98 Å². The summed E-state index contributed by atoms with van der Waals surface area (Å²) in [5.74, 6) is 0. The minimum absolute atomic E-state index is 0.736. The topological polar surface area (TPSA) is 12.9 Å². The van der Waals surface area contributed by atoms with Crippen molar-refractivity contribution in [1.29, 1.82) is 0 Å². The lowest BCUT2D eigenvalue weighted by atomic mass is 10.2. The van der Waals surface area contributed by atoms with Gasteiger partial charge in [0, 0.05) is 28.9 Å². The monoisotopic (exact) mass is 162 g/mol. The van der Waals surface area contributed by atoms with E-state index >= 15 is 0 Å². The second-order valence-corrected chi connectivity index (χ2v) is 2.72. The molecule has 1 heterocycles. The third kappa shape index (κ3) is 1.19. The molecule has 1 radical (unpaired) electrons. The molecule has 0 fully saturated rings. The van der Waals surface area contributed by atoms with E-state index in [-0.39, 0.29) is 0 Å². The molecule has 0 amide bonds. The van der Waals surface area contributed by atoms with E-state index in [1.54, 1.807) is 12.4 Å². The zero-order chi connectivity index (χ0) is 7.68. The van der Waals surface area contributed by atoms with Gasteiger partial charge in [-0.15, -0.1) is 0 Å². The van der Waals surface area contributed by atoms with Crippen LogP contribution in [0.2, 0.25) is 5.02 Å². The first-order valence-corrected chi connectivity index (χ1v) is 3.65. The maximum absolute atomic E-state index is 5.78. The molecule has 2 aromatic rings. The molecule has 0 unspecified atom stereocenters. The van der Waals surface area contributed by atoms with Crippen LogP contribution in [0.15, 0.2) is 30.6 Å². The van der Waals surface area contributed by atoms with E-state index in [9.17, 15) is 0 Å². The van der Waals surface area contributed by atoms with E-state index in [0.717, 1.165) is 15.8 Å². The van der Waals surface area contributed by atoms with E-state index in [2.05, 4.69) is 11.1 Å². The minimum atomic E-state index is 0.736. The van der Waals surface area contributed by atoms with Crippen LogP contribution in [0.4, 0.5) is 0 Å². The van der Waals surface area contributed by atoms with Gasteiger partial charge in [-0.3, -0.25) is 4.98 Å². The van der Waals surface area contributed by atoms with Crippen molar-refractivity contribution in [2.75, 3.05) is 0 Å². The number of hydrogen-bond donors (Lipinski definition) is 0. The molecule has 0 spiro atoms. The molecular weight excluding hydrogens is 158 g/mol. The zero-order valence-corrected chi connectivity index (χ0v) is 6.47. The summed E-state index contributed by atoms with van der Waals surface area (Å²) in [5, 5.41) is 2.81. The first-order valence-electron chi connectivity index (χ1n) is 3.27. The van der Waals surface area contributed by atoms with Gasteiger partial charge in [0.05, 0.1) is 0 Å². The largest absolute Gasteiger partial charge is 0.263 e. The second-order valence-electron chi connectivity index (χ2n) is 2.28. The minimum Gasteiger partial charge on any atom is -0.263 e. The normalized spacial score (nSPS) is 10.3. The predicted molar refractivity (Wildman–Crippen MR) is 45.6 cm³/mol. The second kappa shape index (κ2) is 2.51. The van der Waals surface area contributed by atoms with Crippen molar-refractivity contribution in [2.45, 2.75) is 0 Å². The summed E-state index contributed by atoms with van der Waals surface area (Å²) in [7, 11) is 0. The molecular formula is C9H5ClN. The van der Waals surface area contributed by atoms with Gasteiger partial charge in [-0.1, -0.05) is 17.7 Å². The summed E-state index contributed by atoms with van der Waals surface area (Å²) in [6, 6.07) is 8.65. The Labute approximate surface area is 69.6 Å². The lowest BCUT2D eigenvalue weighted by molar-refractivity contribution is 1.36. The fourth-order valence-electron chi connectivity index (χ4n) is 0.990. The molecule has 11 heavy (non-hydrogen) atoms. The lowest BCUT2D eigenvalue weighted by Crippen LogP contribution is -1.74. The first kappa shape index (κ1) is 6.62. The number of rotatable bonds is 0. The van der Waals surface area contributed by atoms with Crippen molar-refractivity contribution in [3.8, 4) is 0 Å². The summed E-state index contributed by atoms with van der Waals surface area (Å²) in [6.45, 7) is 0. The highest BCUT2D eigenvalue weighted by atomic mass is 35.5. The van der Waals surface area contributed by atoms with Gasteiger partial charge in [0.1, 0.15) is 0 Å². The van der Waals surface area contributed by atoms with Gasteiger partial charge >= 0.3 is 0 Å². The van der Waals surface area contributed by atoms with E-state index in [1.165, 1.54) is 0 Å². The van der Waals surface area contributed by atoms with E-state index < -0.39 is 0 Å². The molecule has 0 saturated heterocycles. The molecule has 0 aliphatic rings. The molecule has 0 aliphatic heterocycles. The van der Waals surface area contributed by atoms with Crippen LogP contribution in [-0.2, 0) is 0 Å². The third-order valence-corrected chi connectivity index (χ3v) is 1.76. The van der Waals surface area contributed by atoms with Gasteiger partial charge in [0.15, 0.2) is 0 Å². The summed E-state index contributed by atoms with van der Waals surface area (Å²) in [5.41, 5.74) is 0. The fourth-order valence-corrected chi connectivity index (χ4v) is 1.16. The van der Waals surface area contributed by atoms with Crippen LogP contribution in [0.5, 0.6) is 0 Å². The van der Waals surface area contributed by atoms with Crippen LogP contribution in [0.3, 0.4) is 0 Å².